The van der Waals surface area contributed by atoms with Crippen LogP contribution < -0.4 is 15.2 Å². The predicted molar refractivity (Wildman–Crippen MR) is 64.0 cm³/mol. The van der Waals surface area contributed by atoms with E-state index < -0.39 is 0 Å². The summed E-state index contributed by atoms with van der Waals surface area (Å²) >= 11 is 0. The average molecular weight is 221 g/mol. The fraction of sp³-hybridized carbons (Fsp3) is 0.538. The van der Waals surface area contributed by atoms with Crippen LogP contribution in [-0.2, 0) is 6.42 Å². The Bertz CT molecular complexity index is 369. The minimum absolute atomic E-state index is 0.231. The topological polar surface area (TPSA) is 44.5 Å². The largest absolute Gasteiger partial charge is 0.490 e. The summed E-state index contributed by atoms with van der Waals surface area (Å²) in [7, 11) is 0. The molecule has 3 heteroatoms. The van der Waals surface area contributed by atoms with E-state index in [0.29, 0.717) is 0 Å². The van der Waals surface area contributed by atoms with Crippen molar-refractivity contribution in [2.45, 2.75) is 32.2 Å². The van der Waals surface area contributed by atoms with Crippen LogP contribution in [0.2, 0.25) is 0 Å². The van der Waals surface area contributed by atoms with Crippen LogP contribution in [0.25, 0.3) is 0 Å². The van der Waals surface area contributed by atoms with Crippen LogP contribution in [0.15, 0.2) is 18.2 Å². The normalized spacial score (nSPS) is 15.7. The van der Waals surface area contributed by atoms with Crippen molar-refractivity contribution in [1.29, 1.82) is 0 Å². The maximum absolute atomic E-state index is 6.04. The molecule has 0 saturated carbocycles. The summed E-state index contributed by atoms with van der Waals surface area (Å²) in [5.41, 5.74) is 6.94. The Kier molecular flexibility index (Phi) is 3.06. The van der Waals surface area contributed by atoms with Crippen molar-refractivity contribution in [3.05, 3.63) is 23.8 Å². The zero-order chi connectivity index (χ0) is 11.6. The molecule has 0 amide bonds. The van der Waals surface area contributed by atoms with Crippen molar-refractivity contribution >= 4 is 0 Å². The molecule has 2 rings (SSSR count). The van der Waals surface area contributed by atoms with Gasteiger partial charge in [0, 0.05) is 12.0 Å². The highest BCUT2D eigenvalue weighted by atomic mass is 16.5. The van der Waals surface area contributed by atoms with E-state index in [0.717, 1.165) is 43.1 Å². The standard InChI is InChI=1S/C13H19NO2/c1-13(2,14)9-10-5-3-6-11-12(10)16-8-4-7-15-11/h3,5-6H,4,7-9,14H2,1-2H3. The smallest absolute Gasteiger partial charge is 0.164 e. The van der Waals surface area contributed by atoms with Crippen molar-refractivity contribution in [3.8, 4) is 11.5 Å². The molecule has 0 aliphatic carbocycles. The van der Waals surface area contributed by atoms with Gasteiger partial charge in [-0.3, -0.25) is 0 Å². The van der Waals surface area contributed by atoms with Gasteiger partial charge in [0.1, 0.15) is 0 Å². The molecule has 0 unspecified atom stereocenters. The number of fused-ring (bicyclic) bond motifs is 1. The Labute approximate surface area is 96.5 Å². The zero-order valence-electron chi connectivity index (χ0n) is 9.95. The lowest BCUT2D eigenvalue weighted by Gasteiger charge is -2.21. The van der Waals surface area contributed by atoms with Gasteiger partial charge in [-0.05, 0) is 31.9 Å². The molecule has 0 saturated heterocycles. The molecule has 0 spiro atoms. The molecule has 2 N–H and O–H groups in total. The number of nitrogens with two attached hydrogens (primary N) is 1. The first-order chi connectivity index (χ1) is 7.56. The van der Waals surface area contributed by atoms with Crippen molar-refractivity contribution < 1.29 is 9.47 Å². The fourth-order valence-electron chi connectivity index (χ4n) is 1.88. The maximum atomic E-state index is 6.04. The second-order valence-corrected chi connectivity index (χ2v) is 4.96. The van der Waals surface area contributed by atoms with Crippen LogP contribution in [0.3, 0.4) is 0 Å². The minimum Gasteiger partial charge on any atom is -0.490 e. The van der Waals surface area contributed by atoms with Gasteiger partial charge >= 0.3 is 0 Å². The van der Waals surface area contributed by atoms with E-state index in [1.54, 1.807) is 0 Å². The molecule has 1 aliphatic rings. The molecular weight excluding hydrogens is 202 g/mol. The number of hydrogen-bond donors (Lipinski definition) is 1. The molecule has 88 valence electrons. The first kappa shape index (κ1) is 11.3. The predicted octanol–water partition coefficient (Wildman–Crippen LogP) is 2.13. The third-order valence-electron chi connectivity index (χ3n) is 2.50. The number of rotatable bonds is 2. The Morgan fingerprint density at radius 2 is 2.00 bits per heavy atom. The SMILES string of the molecule is CC(C)(N)Cc1cccc2c1OCCCO2. The number of hydrogen-bond acceptors (Lipinski definition) is 3. The van der Waals surface area contributed by atoms with E-state index in [1.165, 1.54) is 0 Å². The van der Waals surface area contributed by atoms with Gasteiger partial charge in [-0.2, -0.15) is 0 Å². The summed E-state index contributed by atoms with van der Waals surface area (Å²) in [5, 5.41) is 0. The van der Waals surface area contributed by atoms with E-state index in [9.17, 15) is 0 Å². The highest BCUT2D eigenvalue weighted by Gasteiger charge is 2.19. The van der Waals surface area contributed by atoms with Crippen LogP contribution in [0.5, 0.6) is 11.5 Å². The molecule has 0 bridgehead atoms. The second-order valence-electron chi connectivity index (χ2n) is 4.96. The van der Waals surface area contributed by atoms with Crippen LogP contribution in [0.4, 0.5) is 0 Å². The van der Waals surface area contributed by atoms with E-state index in [4.69, 9.17) is 15.2 Å². The van der Waals surface area contributed by atoms with Gasteiger partial charge in [-0.25, -0.2) is 0 Å². The number of ether oxygens (including phenoxy) is 2. The Morgan fingerprint density at radius 3 is 2.75 bits per heavy atom. The van der Waals surface area contributed by atoms with E-state index in [-0.39, 0.29) is 5.54 Å². The molecule has 1 aliphatic heterocycles. The molecule has 1 heterocycles. The van der Waals surface area contributed by atoms with E-state index >= 15 is 0 Å². The Balaban J connectivity index is 2.31. The van der Waals surface area contributed by atoms with Crippen molar-refractivity contribution in [2.75, 3.05) is 13.2 Å². The maximum Gasteiger partial charge on any atom is 0.164 e. The summed E-state index contributed by atoms with van der Waals surface area (Å²) in [6.45, 7) is 5.48. The van der Waals surface area contributed by atoms with Crippen molar-refractivity contribution in [2.24, 2.45) is 5.73 Å². The average Bonchev–Trinajstić information content (AvgIpc) is 2.41. The quantitative estimate of drug-likeness (QED) is 0.832. The van der Waals surface area contributed by atoms with Gasteiger partial charge in [-0.15, -0.1) is 0 Å². The molecule has 16 heavy (non-hydrogen) atoms. The number of para-hydroxylation sites is 1. The first-order valence-electron chi connectivity index (χ1n) is 5.73. The van der Waals surface area contributed by atoms with Gasteiger partial charge in [0.05, 0.1) is 13.2 Å². The summed E-state index contributed by atoms with van der Waals surface area (Å²) < 4.78 is 11.4. The Hall–Kier alpha value is -1.22. The monoisotopic (exact) mass is 221 g/mol. The molecule has 1 aromatic carbocycles. The van der Waals surface area contributed by atoms with Gasteiger partial charge in [0.2, 0.25) is 0 Å². The summed E-state index contributed by atoms with van der Waals surface area (Å²) in [6.07, 6.45) is 1.72. The molecular formula is C13H19NO2. The highest BCUT2D eigenvalue weighted by molar-refractivity contribution is 5.47. The molecule has 0 atom stereocenters. The summed E-state index contributed by atoms with van der Waals surface area (Å²) in [5.74, 6) is 1.72. The van der Waals surface area contributed by atoms with E-state index in [2.05, 4.69) is 6.07 Å². The lowest BCUT2D eigenvalue weighted by atomic mass is 9.95. The molecule has 0 radical (unpaired) electrons. The molecule has 1 aromatic rings. The minimum atomic E-state index is -0.231. The van der Waals surface area contributed by atoms with Crippen molar-refractivity contribution in [3.63, 3.8) is 0 Å². The first-order valence-corrected chi connectivity index (χ1v) is 5.73. The van der Waals surface area contributed by atoms with Crippen LogP contribution in [0, 0.1) is 0 Å². The third-order valence-corrected chi connectivity index (χ3v) is 2.50. The van der Waals surface area contributed by atoms with E-state index in [1.807, 2.05) is 26.0 Å². The van der Waals surface area contributed by atoms with Gasteiger partial charge in [-0.1, -0.05) is 12.1 Å². The van der Waals surface area contributed by atoms with Crippen LogP contribution in [-0.4, -0.2) is 18.8 Å². The Morgan fingerprint density at radius 1 is 1.25 bits per heavy atom. The van der Waals surface area contributed by atoms with Crippen LogP contribution >= 0.6 is 0 Å². The summed E-state index contributed by atoms with van der Waals surface area (Å²) in [6, 6.07) is 6.00. The number of benzene rings is 1. The third kappa shape index (κ3) is 2.67. The zero-order valence-corrected chi connectivity index (χ0v) is 9.95. The molecule has 0 aromatic heterocycles. The van der Waals surface area contributed by atoms with Gasteiger partial charge in [0.25, 0.3) is 0 Å². The highest BCUT2D eigenvalue weighted by Crippen LogP contribution is 2.34. The van der Waals surface area contributed by atoms with Crippen molar-refractivity contribution in [1.82, 2.24) is 0 Å². The lowest BCUT2D eigenvalue weighted by Crippen LogP contribution is -2.34. The second kappa shape index (κ2) is 4.34. The fourth-order valence-corrected chi connectivity index (χ4v) is 1.88. The molecule has 0 fully saturated rings. The van der Waals surface area contributed by atoms with Crippen LogP contribution in [0.1, 0.15) is 25.8 Å². The molecule has 3 nitrogen and oxygen atoms in total. The van der Waals surface area contributed by atoms with Gasteiger partial charge in [0.15, 0.2) is 11.5 Å². The lowest BCUT2D eigenvalue weighted by molar-refractivity contribution is 0.295. The van der Waals surface area contributed by atoms with Gasteiger partial charge < -0.3 is 15.2 Å². The summed E-state index contributed by atoms with van der Waals surface area (Å²) in [4.78, 5) is 0.